The Labute approximate surface area is 261 Å². The zero-order valence-corrected chi connectivity index (χ0v) is 30.8. The Balaban J connectivity index is 1.60. The maximum absolute atomic E-state index is 8.56. The molecule has 0 spiro atoms. The van der Waals surface area contributed by atoms with Gasteiger partial charge in [-0.1, -0.05) is 0 Å². The summed E-state index contributed by atoms with van der Waals surface area (Å²) in [5.41, 5.74) is 16.0. The molecular weight excluding hydrogens is 647 g/mol. The van der Waals surface area contributed by atoms with Crippen LogP contribution in [0.15, 0.2) is 96.1 Å². The van der Waals surface area contributed by atoms with E-state index in [1.807, 2.05) is 0 Å². The van der Waals surface area contributed by atoms with Crippen LogP contribution in [-0.4, -0.2) is 5.92 Å². The first-order valence-electron chi connectivity index (χ1n) is 15.5. The summed E-state index contributed by atoms with van der Waals surface area (Å²) in [5.74, 6) is -1.58. The van der Waals surface area contributed by atoms with Crippen LogP contribution in [0.25, 0.3) is 34.4 Å². The van der Waals surface area contributed by atoms with Crippen LogP contribution in [0.4, 0.5) is 0 Å². The van der Waals surface area contributed by atoms with Gasteiger partial charge in [-0.05, 0) is 0 Å². The molecule has 4 heteroatoms. The van der Waals surface area contributed by atoms with Crippen LogP contribution >= 0.6 is 17.0 Å². The molecule has 215 valence electrons. The summed E-state index contributed by atoms with van der Waals surface area (Å²) in [6, 6.07) is 31.2. The second kappa shape index (κ2) is 11.2. The van der Waals surface area contributed by atoms with E-state index in [2.05, 4.69) is 138 Å². The van der Waals surface area contributed by atoms with Crippen molar-refractivity contribution in [1.82, 2.24) is 0 Å². The summed E-state index contributed by atoms with van der Waals surface area (Å²) in [4.78, 5) is 0. The summed E-state index contributed by atoms with van der Waals surface area (Å²) >= 11 is -4.74. The molecule has 2 aliphatic carbocycles. The topological polar surface area (TPSA) is 0 Å². The normalized spacial score (nSPS) is 18.7. The van der Waals surface area contributed by atoms with Crippen molar-refractivity contribution in [1.29, 1.82) is 0 Å². The van der Waals surface area contributed by atoms with Gasteiger partial charge in [0, 0.05) is 0 Å². The van der Waals surface area contributed by atoms with E-state index in [1.54, 1.807) is 0 Å². The summed E-state index contributed by atoms with van der Waals surface area (Å²) in [6.45, 7) is 13.9. The monoisotopic (exact) mass is 685 g/mol. The van der Waals surface area contributed by atoms with Crippen molar-refractivity contribution in [3.63, 3.8) is 0 Å². The average molecular weight is 688 g/mol. The van der Waals surface area contributed by atoms with Crippen molar-refractivity contribution in [3.8, 4) is 22.3 Å². The molecule has 0 heterocycles. The number of fused-ring (bicyclic) bond motifs is 2. The molecule has 2 atom stereocenters. The van der Waals surface area contributed by atoms with Crippen LogP contribution in [-0.2, 0) is 15.6 Å². The molecular formula is C38H41Cl2SiZr. The number of hydrogen-bond donors (Lipinski definition) is 0. The maximum atomic E-state index is 8.56. The molecule has 2 aliphatic rings. The Morgan fingerprint density at radius 3 is 1.31 bits per heavy atom. The van der Waals surface area contributed by atoms with Crippen molar-refractivity contribution in [2.75, 3.05) is 0 Å². The minimum absolute atomic E-state index is 0.124. The summed E-state index contributed by atoms with van der Waals surface area (Å²) in [7, 11) is 17.1. The predicted molar refractivity (Wildman–Crippen MR) is 186 cm³/mol. The van der Waals surface area contributed by atoms with E-state index in [9.17, 15) is 0 Å². The van der Waals surface area contributed by atoms with Crippen molar-refractivity contribution < 1.29 is 15.6 Å². The molecule has 0 amide bonds. The standard InChI is InChI=1S/2C18H17.C2H7Si.2ClH.Zr/c2*1-3-14-11-15-8-6-10-17(18(15)12-14)16-9-5-4-7-13(16)2;1-3-2;;;/h2*4-12H,3H2,1-2H3;3H,1-2H3;2*1H;/q;;;;;+2/p-2. The zero-order valence-electron chi connectivity index (χ0n) is 25.6. The first kappa shape index (κ1) is 30.1. The van der Waals surface area contributed by atoms with Gasteiger partial charge in [-0.3, -0.25) is 0 Å². The minimum atomic E-state index is -4.74. The van der Waals surface area contributed by atoms with Crippen LogP contribution in [0.1, 0.15) is 67.3 Å². The molecule has 4 aromatic carbocycles. The van der Waals surface area contributed by atoms with E-state index in [-0.39, 0.29) is 7.25 Å². The molecule has 0 nitrogen and oxygen atoms in total. The molecule has 0 fully saturated rings. The summed E-state index contributed by atoms with van der Waals surface area (Å²) in [6.07, 6.45) is 6.85. The van der Waals surface area contributed by atoms with E-state index in [0.717, 1.165) is 12.8 Å². The fraction of sp³-hybridized carbons (Fsp3) is 0.263. The predicted octanol–water partition coefficient (Wildman–Crippen LogP) is 12.0. The summed E-state index contributed by atoms with van der Waals surface area (Å²) in [5, 5.41) is 0. The van der Waals surface area contributed by atoms with Gasteiger partial charge in [-0.25, -0.2) is 0 Å². The number of halogens is 2. The van der Waals surface area contributed by atoms with Crippen molar-refractivity contribution in [2.45, 2.75) is 60.9 Å². The van der Waals surface area contributed by atoms with Crippen LogP contribution in [0.5, 0.6) is 0 Å². The Morgan fingerprint density at radius 1 is 0.571 bits per heavy atom. The van der Waals surface area contributed by atoms with Gasteiger partial charge >= 0.3 is 263 Å². The fourth-order valence-corrected chi connectivity index (χ4v) is 39.7. The van der Waals surface area contributed by atoms with Crippen LogP contribution in [0.3, 0.4) is 0 Å². The second-order valence-corrected chi connectivity index (χ2v) is 55.1. The van der Waals surface area contributed by atoms with Crippen molar-refractivity contribution in [2.24, 2.45) is 0 Å². The zero-order chi connectivity index (χ0) is 29.8. The van der Waals surface area contributed by atoms with E-state index in [0.29, 0.717) is 0 Å². The number of aryl methyl sites for hydroxylation is 2. The average Bonchev–Trinajstić information content (AvgIpc) is 3.57. The van der Waals surface area contributed by atoms with Crippen molar-refractivity contribution in [3.05, 3.63) is 129 Å². The molecule has 6 rings (SSSR count). The van der Waals surface area contributed by atoms with Crippen LogP contribution in [0, 0.1) is 13.8 Å². The first-order valence-corrected chi connectivity index (χ1v) is 31.8. The second-order valence-electron chi connectivity index (χ2n) is 12.6. The Kier molecular flexibility index (Phi) is 8.02. The SMILES string of the molecule is CCC1=Cc2c(-c3ccccc3C)cccc2[CH]1[Zr]([Cl])([Cl])([CH]1C(CC)=Cc2c(-c3ccccc3C)cccc21)[SiH](C)C. The number of benzene rings is 4. The van der Waals surface area contributed by atoms with Crippen molar-refractivity contribution >= 4 is 35.1 Å². The molecule has 0 saturated carbocycles. The first-order chi connectivity index (χ1) is 20.1. The molecule has 0 aliphatic heterocycles. The number of rotatable bonds is 7. The van der Waals surface area contributed by atoms with Gasteiger partial charge in [0.05, 0.1) is 0 Å². The molecule has 0 bridgehead atoms. The fourth-order valence-electron chi connectivity index (χ4n) is 7.90. The Bertz CT molecular complexity index is 1640. The molecule has 0 saturated heterocycles. The van der Waals surface area contributed by atoms with Crippen LogP contribution in [0.2, 0.25) is 13.1 Å². The number of allylic oxidation sites excluding steroid dienone is 2. The van der Waals surface area contributed by atoms with Gasteiger partial charge in [0.25, 0.3) is 0 Å². The van der Waals surface area contributed by atoms with E-state index < -0.39 is 21.5 Å². The summed E-state index contributed by atoms with van der Waals surface area (Å²) < 4.78 is 0.247. The Hall–Kier alpha value is -1.96. The van der Waals surface area contributed by atoms with Gasteiger partial charge in [0.1, 0.15) is 0 Å². The van der Waals surface area contributed by atoms with E-state index in [4.69, 9.17) is 17.0 Å². The third-order valence-corrected chi connectivity index (χ3v) is 62.0. The molecule has 0 radical (unpaired) electrons. The molecule has 4 aromatic rings. The molecule has 0 N–H and O–H groups in total. The molecule has 42 heavy (non-hydrogen) atoms. The van der Waals surface area contributed by atoms with Gasteiger partial charge in [0.15, 0.2) is 0 Å². The van der Waals surface area contributed by atoms with Gasteiger partial charge in [-0.2, -0.15) is 0 Å². The quantitative estimate of drug-likeness (QED) is 0.170. The van der Waals surface area contributed by atoms with E-state index in [1.165, 1.54) is 66.8 Å². The third kappa shape index (κ3) is 4.47. The molecule has 2 unspecified atom stereocenters. The van der Waals surface area contributed by atoms with Gasteiger partial charge in [0.2, 0.25) is 0 Å². The molecule has 0 aromatic heterocycles. The van der Waals surface area contributed by atoms with Gasteiger partial charge in [-0.15, -0.1) is 0 Å². The number of hydrogen-bond acceptors (Lipinski definition) is 0. The third-order valence-electron chi connectivity index (χ3n) is 10.2. The van der Waals surface area contributed by atoms with Gasteiger partial charge < -0.3 is 0 Å². The van der Waals surface area contributed by atoms with E-state index >= 15 is 0 Å². The Morgan fingerprint density at radius 2 is 0.952 bits per heavy atom. The van der Waals surface area contributed by atoms with Crippen LogP contribution < -0.4 is 0 Å².